The van der Waals surface area contributed by atoms with Crippen LogP contribution in [0.5, 0.6) is 0 Å². The molecule has 2 aromatic carbocycles. The van der Waals surface area contributed by atoms with Gasteiger partial charge in [0.25, 0.3) is 5.91 Å². The summed E-state index contributed by atoms with van der Waals surface area (Å²) in [6.07, 6.45) is 1.98. The van der Waals surface area contributed by atoms with E-state index in [4.69, 9.17) is 16.3 Å². The van der Waals surface area contributed by atoms with Gasteiger partial charge in [0.2, 0.25) is 0 Å². The summed E-state index contributed by atoms with van der Waals surface area (Å²) < 4.78 is 7.74. The highest BCUT2D eigenvalue weighted by molar-refractivity contribution is 7.23. The number of ether oxygens (including phenoxy) is 1. The number of hydrogen-bond acceptors (Lipinski definition) is 6. The second-order valence-electron chi connectivity index (χ2n) is 6.65. The van der Waals surface area contributed by atoms with Gasteiger partial charge in [-0.05, 0) is 43.2 Å². The van der Waals surface area contributed by atoms with Gasteiger partial charge in [0.1, 0.15) is 0 Å². The molecule has 2 aromatic heterocycles. The largest absolute Gasteiger partial charge is 0.376 e. The van der Waals surface area contributed by atoms with Crippen molar-refractivity contribution in [2.75, 3.05) is 18.1 Å². The van der Waals surface area contributed by atoms with E-state index < -0.39 is 0 Å². The maximum atomic E-state index is 13.4. The molecule has 28 heavy (non-hydrogen) atoms. The summed E-state index contributed by atoms with van der Waals surface area (Å²) in [5.74, 6) is -0.137. The molecular weight excluding hydrogens is 414 g/mol. The molecule has 0 N–H and O–H groups in total. The van der Waals surface area contributed by atoms with Crippen LogP contribution >= 0.6 is 34.3 Å². The first kappa shape index (κ1) is 18.0. The fourth-order valence-corrected chi connectivity index (χ4v) is 5.48. The van der Waals surface area contributed by atoms with E-state index in [2.05, 4.69) is 9.97 Å². The number of nitrogens with zero attached hydrogens (tertiary/aromatic N) is 3. The number of halogens is 1. The lowest BCUT2D eigenvalue weighted by Crippen LogP contribution is -2.37. The van der Waals surface area contributed by atoms with E-state index in [1.54, 1.807) is 4.90 Å². The Morgan fingerprint density at radius 3 is 2.82 bits per heavy atom. The Bertz CT molecular complexity index is 1130. The van der Waals surface area contributed by atoms with Crippen molar-refractivity contribution in [3.05, 3.63) is 52.5 Å². The fourth-order valence-electron chi connectivity index (χ4n) is 3.32. The topological polar surface area (TPSA) is 55.3 Å². The van der Waals surface area contributed by atoms with Gasteiger partial charge in [-0.2, -0.15) is 0 Å². The first-order valence-electron chi connectivity index (χ1n) is 9.02. The number of carbonyl (C=O) groups excluding carboxylic acids is 1. The first-order valence-corrected chi connectivity index (χ1v) is 11.0. The first-order chi connectivity index (χ1) is 13.7. The number of thiazole rings is 2. The Kier molecular flexibility index (Phi) is 4.76. The number of hydrogen-bond donors (Lipinski definition) is 0. The summed E-state index contributed by atoms with van der Waals surface area (Å²) in [4.78, 5) is 24.3. The Hall–Kier alpha value is -2.06. The second-order valence-corrected chi connectivity index (χ2v) is 9.12. The molecule has 1 unspecified atom stereocenters. The second kappa shape index (κ2) is 7.40. The van der Waals surface area contributed by atoms with Gasteiger partial charge in [0.05, 0.1) is 33.1 Å². The van der Waals surface area contributed by atoms with E-state index in [0.717, 1.165) is 39.9 Å². The number of fused-ring (bicyclic) bond motifs is 2. The van der Waals surface area contributed by atoms with Crippen molar-refractivity contribution in [2.24, 2.45) is 0 Å². The number of aromatic nitrogens is 2. The lowest BCUT2D eigenvalue weighted by Gasteiger charge is -2.22. The molecule has 8 heteroatoms. The summed E-state index contributed by atoms with van der Waals surface area (Å²) in [6, 6.07) is 13.4. The Labute approximate surface area is 174 Å². The quantitative estimate of drug-likeness (QED) is 0.436. The number of carbonyl (C=O) groups is 1. The smallest absolute Gasteiger partial charge is 0.289 e. The van der Waals surface area contributed by atoms with Crippen molar-refractivity contribution in [1.82, 2.24) is 9.97 Å². The number of amides is 1. The minimum Gasteiger partial charge on any atom is -0.376 e. The summed E-state index contributed by atoms with van der Waals surface area (Å²) >= 11 is 8.99. The molecule has 1 aliphatic heterocycles. The van der Waals surface area contributed by atoms with E-state index in [1.165, 1.54) is 22.7 Å². The molecule has 0 aliphatic carbocycles. The van der Waals surface area contributed by atoms with E-state index >= 15 is 0 Å². The van der Waals surface area contributed by atoms with Gasteiger partial charge in [-0.3, -0.25) is 9.69 Å². The molecule has 0 saturated carbocycles. The SMILES string of the molecule is O=C(c1nc2ccccc2s1)N(CC1CCCO1)c1nc2ccc(Cl)cc2s1. The molecule has 5 nitrogen and oxygen atoms in total. The van der Waals surface area contributed by atoms with Crippen molar-refractivity contribution in [2.45, 2.75) is 18.9 Å². The molecule has 1 atom stereocenters. The third kappa shape index (κ3) is 3.39. The molecule has 1 aliphatic rings. The van der Waals surface area contributed by atoms with E-state index in [-0.39, 0.29) is 12.0 Å². The van der Waals surface area contributed by atoms with Crippen LogP contribution in [0.1, 0.15) is 22.6 Å². The molecule has 5 rings (SSSR count). The molecule has 4 aromatic rings. The molecular formula is C20H16ClN3O2S2. The Morgan fingerprint density at radius 2 is 2.00 bits per heavy atom. The molecule has 0 bridgehead atoms. The van der Waals surface area contributed by atoms with Crippen LogP contribution in [-0.2, 0) is 4.74 Å². The highest BCUT2D eigenvalue weighted by atomic mass is 35.5. The maximum Gasteiger partial charge on any atom is 0.289 e. The van der Waals surface area contributed by atoms with Crippen molar-refractivity contribution in [1.29, 1.82) is 0 Å². The number of rotatable bonds is 4. The lowest BCUT2D eigenvalue weighted by atomic mass is 10.2. The van der Waals surface area contributed by atoms with Crippen LogP contribution in [0.2, 0.25) is 5.02 Å². The van der Waals surface area contributed by atoms with Crippen LogP contribution in [0.4, 0.5) is 5.13 Å². The fraction of sp³-hybridized carbons (Fsp3) is 0.250. The zero-order valence-corrected chi connectivity index (χ0v) is 17.2. The van der Waals surface area contributed by atoms with E-state index in [0.29, 0.717) is 21.7 Å². The minimum atomic E-state index is -0.137. The van der Waals surface area contributed by atoms with Crippen molar-refractivity contribution < 1.29 is 9.53 Å². The zero-order chi connectivity index (χ0) is 19.1. The van der Waals surface area contributed by atoms with Crippen LogP contribution in [0, 0.1) is 0 Å². The average molecular weight is 430 g/mol. The molecule has 0 spiro atoms. The van der Waals surface area contributed by atoms with Crippen LogP contribution in [0.3, 0.4) is 0 Å². The van der Waals surface area contributed by atoms with Gasteiger partial charge >= 0.3 is 0 Å². The van der Waals surface area contributed by atoms with Crippen LogP contribution in [0.15, 0.2) is 42.5 Å². The predicted octanol–water partition coefficient (Wildman–Crippen LogP) is 5.39. The van der Waals surface area contributed by atoms with Gasteiger partial charge in [-0.25, -0.2) is 9.97 Å². The predicted molar refractivity (Wildman–Crippen MR) is 115 cm³/mol. The van der Waals surface area contributed by atoms with E-state index in [1.807, 2.05) is 42.5 Å². The third-order valence-electron chi connectivity index (χ3n) is 4.70. The Balaban J connectivity index is 1.55. The molecule has 142 valence electrons. The van der Waals surface area contributed by atoms with Gasteiger partial charge in [0, 0.05) is 11.6 Å². The highest BCUT2D eigenvalue weighted by Gasteiger charge is 2.28. The monoisotopic (exact) mass is 429 g/mol. The number of benzene rings is 2. The van der Waals surface area contributed by atoms with Gasteiger partial charge in [0.15, 0.2) is 10.1 Å². The van der Waals surface area contributed by atoms with Gasteiger partial charge < -0.3 is 4.74 Å². The van der Waals surface area contributed by atoms with Gasteiger partial charge in [-0.1, -0.05) is 35.1 Å². The zero-order valence-electron chi connectivity index (χ0n) is 14.8. The lowest BCUT2D eigenvalue weighted by molar-refractivity contribution is 0.0917. The maximum absolute atomic E-state index is 13.4. The minimum absolute atomic E-state index is 0.0222. The molecule has 0 radical (unpaired) electrons. The third-order valence-corrected chi connectivity index (χ3v) is 7.00. The van der Waals surface area contributed by atoms with Crippen LogP contribution in [-0.4, -0.2) is 35.1 Å². The number of para-hydroxylation sites is 1. The highest BCUT2D eigenvalue weighted by Crippen LogP contribution is 2.33. The van der Waals surface area contributed by atoms with Crippen molar-refractivity contribution in [3.63, 3.8) is 0 Å². The van der Waals surface area contributed by atoms with Crippen LogP contribution < -0.4 is 4.90 Å². The summed E-state index contributed by atoms with van der Waals surface area (Å²) in [5.41, 5.74) is 1.67. The summed E-state index contributed by atoms with van der Waals surface area (Å²) in [5, 5.41) is 1.78. The standard InChI is InChI=1S/C20H16ClN3O2S2/c21-12-7-8-15-17(10-12)28-20(23-15)24(11-13-4-3-9-26-13)19(25)18-22-14-5-1-2-6-16(14)27-18/h1-2,5-8,10,13H,3-4,9,11H2. The normalized spacial score (nSPS) is 16.8. The molecule has 1 amide bonds. The average Bonchev–Trinajstić information content (AvgIpc) is 3.43. The molecule has 1 fully saturated rings. The van der Waals surface area contributed by atoms with E-state index in [9.17, 15) is 4.79 Å². The molecule has 3 heterocycles. The number of anilines is 1. The summed E-state index contributed by atoms with van der Waals surface area (Å²) in [6.45, 7) is 1.21. The summed E-state index contributed by atoms with van der Waals surface area (Å²) in [7, 11) is 0. The Morgan fingerprint density at radius 1 is 1.14 bits per heavy atom. The van der Waals surface area contributed by atoms with Crippen LogP contribution in [0.25, 0.3) is 20.4 Å². The van der Waals surface area contributed by atoms with Crippen molar-refractivity contribution in [3.8, 4) is 0 Å². The van der Waals surface area contributed by atoms with Crippen molar-refractivity contribution >= 4 is 65.7 Å². The van der Waals surface area contributed by atoms with Gasteiger partial charge in [-0.15, -0.1) is 11.3 Å². The molecule has 1 saturated heterocycles.